The first-order chi connectivity index (χ1) is 15.9. The van der Waals surface area contributed by atoms with Crippen LogP contribution in [0.2, 0.25) is 0 Å². The van der Waals surface area contributed by atoms with E-state index in [1.54, 1.807) is 30.3 Å². The number of thioether (sulfide) groups is 1. The summed E-state index contributed by atoms with van der Waals surface area (Å²) in [5.74, 6) is -0.0246. The molecule has 33 heavy (non-hydrogen) atoms. The molecule has 0 aliphatic carbocycles. The topological polar surface area (TPSA) is 100.0 Å². The lowest BCUT2D eigenvalue weighted by Gasteiger charge is -2.38. The number of rotatable bonds is 5. The minimum absolute atomic E-state index is 0.101. The maximum atomic E-state index is 14.9. The first-order valence-corrected chi connectivity index (χ1v) is 11.9. The van der Waals surface area contributed by atoms with Gasteiger partial charge >= 0.3 is 0 Å². The molecule has 4 heterocycles. The Morgan fingerprint density at radius 1 is 1.18 bits per heavy atom. The largest absolute Gasteiger partial charge is 0.507 e. The van der Waals surface area contributed by atoms with Gasteiger partial charge in [0.2, 0.25) is 0 Å². The summed E-state index contributed by atoms with van der Waals surface area (Å²) in [4.78, 5) is 14.2. The molecule has 2 N–H and O–H groups in total. The molecule has 3 aromatic rings. The highest BCUT2D eigenvalue weighted by atomic mass is 32.2. The molecule has 2 fully saturated rings. The van der Waals surface area contributed by atoms with Crippen LogP contribution in [0.5, 0.6) is 5.75 Å². The first kappa shape index (κ1) is 21.9. The highest BCUT2D eigenvalue weighted by molar-refractivity contribution is 7.98. The summed E-state index contributed by atoms with van der Waals surface area (Å²) in [5.41, 5.74) is 0.859. The van der Waals surface area contributed by atoms with E-state index in [2.05, 4.69) is 30.5 Å². The lowest BCUT2D eigenvalue weighted by molar-refractivity contribution is 0.176. The van der Waals surface area contributed by atoms with Crippen molar-refractivity contribution in [3.63, 3.8) is 0 Å². The quantitative estimate of drug-likeness (QED) is 0.429. The van der Waals surface area contributed by atoms with Crippen LogP contribution in [-0.4, -0.2) is 67.9 Å². The fourth-order valence-electron chi connectivity index (χ4n) is 4.59. The molecule has 0 spiro atoms. The van der Waals surface area contributed by atoms with Gasteiger partial charge in [0.05, 0.1) is 24.0 Å². The standard InChI is InChI=1S/C22H23F2N7OS/c1-31(16-8-12-4-6-15(27-12)19(16)24)18-10-25-21(30-29-18)13-5-3-11(7-17(13)32)20-14(23)9-26-22(28-20)33-2/h3,5,7,9-10,12,15-16,19,27,32H,4,6,8H2,1-2H3/t12-,15+,16+,19-/m0/s1. The van der Waals surface area contributed by atoms with Gasteiger partial charge in [-0.1, -0.05) is 17.8 Å². The first-order valence-electron chi connectivity index (χ1n) is 10.7. The minimum Gasteiger partial charge on any atom is -0.507 e. The van der Waals surface area contributed by atoms with Crippen LogP contribution in [0.15, 0.2) is 35.7 Å². The third-order valence-electron chi connectivity index (χ3n) is 6.38. The van der Waals surface area contributed by atoms with Gasteiger partial charge in [0, 0.05) is 24.7 Å². The molecule has 0 radical (unpaired) electrons. The maximum absolute atomic E-state index is 14.9. The molecule has 4 atom stereocenters. The van der Waals surface area contributed by atoms with E-state index in [-0.39, 0.29) is 29.4 Å². The van der Waals surface area contributed by atoms with E-state index in [1.807, 2.05) is 0 Å². The number of aromatic nitrogens is 5. The molecular weight excluding hydrogens is 448 g/mol. The Morgan fingerprint density at radius 2 is 2.03 bits per heavy atom. The number of piperidine rings is 1. The Morgan fingerprint density at radius 3 is 2.76 bits per heavy atom. The van der Waals surface area contributed by atoms with Crippen molar-refractivity contribution < 1.29 is 13.9 Å². The zero-order valence-corrected chi connectivity index (χ0v) is 18.9. The lowest BCUT2D eigenvalue weighted by Crippen LogP contribution is -2.55. The van der Waals surface area contributed by atoms with Crippen molar-refractivity contribution in [3.05, 3.63) is 36.4 Å². The van der Waals surface area contributed by atoms with E-state index in [1.165, 1.54) is 24.0 Å². The van der Waals surface area contributed by atoms with Crippen LogP contribution in [0.1, 0.15) is 19.3 Å². The molecule has 2 aliphatic heterocycles. The predicted octanol–water partition coefficient (Wildman–Crippen LogP) is 3.23. The summed E-state index contributed by atoms with van der Waals surface area (Å²) in [6.07, 6.45) is 6.00. The van der Waals surface area contributed by atoms with E-state index in [4.69, 9.17) is 0 Å². The van der Waals surface area contributed by atoms with Crippen LogP contribution in [0, 0.1) is 5.82 Å². The fourth-order valence-corrected chi connectivity index (χ4v) is 4.93. The van der Waals surface area contributed by atoms with Crippen molar-refractivity contribution in [1.82, 2.24) is 30.5 Å². The Balaban J connectivity index is 1.37. The van der Waals surface area contributed by atoms with Gasteiger partial charge in [-0.2, -0.15) is 0 Å². The maximum Gasteiger partial charge on any atom is 0.187 e. The summed E-state index contributed by atoms with van der Waals surface area (Å²) < 4.78 is 29.1. The molecule has 8 nitrogen and oxygen atoms in total. The predicted molar refractivity (Wildman–Crippen MR) is 121 cm³/mol. The molecule has 2 saturated heterocycles. The van der Waals surface area contributed by atoms with Crippen molar-refractivity contribution in [2.24, 2.45) is 0 Å². The van der Waals surface area contributed by atoms with Crippen LogP contribution >= 0.6 is 11.8 Å². The molecule has 0 amide bonds. The molecule has 172 valence electrons. The normalized spacial score (nSPS) is 24.1. The Bertz CT molecular complexity index is 1170. The number of halogens is 2. The second-order valence-corrected chi connectivity index (χ2v) is 9.10. The molecule has 0 saturated carbocycles. The number of alkyl halides is 1. The molecule has 2 aliphatic rings. The van der Waals surface area contributed by atoms with Gasteiger partial charge in [-0.15, -0.1) is 10.2 Å². The van der Waals surface area contributed by atoms with E-state index >= 15 is 0 Å². The zero-order valence-electron chi connectivity index (χ0n) is 18.1. The summed E-state index contributed by atoms with van der Waals surface area (Å²) >= 11 is 1.30. The number of nitrogens with zero attached hydrogens (tertiary/aromatic N) is 6. The number of benzene rings is 1. The highest BCUT2D eigenvalue weighted by Crippen LogP contribution is 2.34. The number of fused-ring (bicyclic) bond motifs is 2. The molecule has 0 unspecified atom stereocenters. The molecule has 1 aromatic carbocycles. The van der Waals surface area contributed by atoms with E-state index in [0.717, 1.165) is 19.0 Å². The third-order valence-corrected chi connectivity index (χ3v) is 6.94. The minimum atomic E-state index is -0.986. The van der Waals surface area contributed by atoms with Crippen LogP contribution in [0.4, 0.5) is 14.6 Å². The van der Waals surface area contributed by atoms with Gasteiger partial charge in [0.25, 0.3) is 0 Å². The average molecular weight is 472 g/mol. The van der Waals surface area contributed by atoms with Gasteiger partial charge in [-0.05, 0) is 37.7 Å². The fraction of sp³-hybridized carbons (Fsp3) is 0.409. The highest BCUT2D eigenvalue weighted by Gasteiger charge is 2.43. The lowest BCUT2D eigenvalue weighted by atomic mass is 9.96. The monoisotopic (exact) mass is 471 g/mol. The molecule has 2 bridgehead atoms. The van der Waals surface area contributed by atoms with E-state index < -0.39 is 12.0 Å². The van der Waals surface area contributed by atoms with Crippen LogP contribution in [-0.2, 0) is 0 Å². The SMILES string of the molecule is CSc1ncc(F)c(-c2ccc(-c3ncc(N(C)[C@@H]4C[C@@H]5CC[C@@H](N5)[C@@H]4F)nn3)c(O)c2)n1. The summed E-state index contributed by atoms with van der Waals surface area (Å²) in [6, 6.07) is 4.56. The van der Waals surface area contributed by atoms with Crippen molar-refractivity contribution >= 4 is 17.6 Å². The van der Waals surface area contributed by atoms with Crippen molar-refractivity contribution in [2.45, 2.75) is 48.7 Å². The van der Waals surface area contributed by atoms with Crippen molar-refractivity contribution in [3.8, 4) is 28.4 Å². The number of hydrogen-bond donors (Lipinski definition) is 2. The number of anilines is 1. The Kier molecular flexibility index (Phi) is 5.83. The van der Waals surface area contributed by atoms with Crippen LogP contribution < -0.4 is 10.2 Å². The van der Waals surface area contributed by atoms with Gasteiger partial charge in [-0.25, -0.2) is 23.7 Å². The Labute approximate surface area is 193 Å². The number of aromatic hydroxyl groups is 1. The van der Waals surface area contributed by atoms with Gasteiger partial charge in [0.15, 0.2) is 22.6 Å². The number of nitrogens with one attached hydrogen (secondary N) is 1. The number of phenolic OH excluding ortho intramolecular Hbond substituents is 1. The van der Waals surface area contributed by atoms with E-state index in [9.17, 15) is 13.9 Å². The molecule has 11 heteroatoms. The third kappa shape index (κ3) is 4.10. The summed E-state index contributed by atoms with van der Waals surface area (Å²) in [7, 11) is 1.80. The molecular formula is C22H23F2N7OS. The molecule has 2 aromatic heterocycles. The van der Waals surface area contributed by atoms with Crippen molar-refractivity contribution in [2.75, 3.05) is 18.2 Å². The van der Waals surface area contributed by atoms with E-state index in [0.29, 0.717) is 34.6 Å². The second-order valence-electron chi connectivity index (χ2n) is 8.33. The van der Waals surface area contributed by atoms with Crippen LogP contribution in [0.3, 0.4) is 0 Å². The van der Waals surface area contributed by atoms with Crippen molar-refractivity contribution in [1.29, 1.82) is 0 Å². The average Bonchev–Trinajstić information content (AvgIpc) is 3.25. The second kappa shape index (κ2) is 8.79. The van der Waals surface area contributed by atoms with Gasteiger partial charge < -0.3 is 15.3 Å². The molecule has 5 rings (SSSR count). The summed E-state index contributed by atoms with van der Waals surface area (Å²) in [5, 5.41) is 22.7. The summed E-state index contributed by atoms with van der Waals surface area (Å²) in [6.45, 7) is 0. The van der Waals surface area contributed by atoms with Crippen LogP contribution in [0.25, 0.3) is 22.6 Å². The zero-order chi connectivity index (χ0) is 23.1. The van der Waals surface area contributed by atoms with Gasteiger partial charge in [0.1, 0.15) is 17.6 Å². The Hall–Kier alpha value is -2.92. The number of hydrogen-bond acceptors (Lipinski definition) is 9. The number of phenols is 1. The smallest absolute Gasteiger partial charge is 0.187 e. The van der Waals surface area contributed by atoms with Gasteiger partial charge in [-0.3, -0.25) is 0 Å².